The average Bonchev–Trinajstić information content (AvgIpc) is 2.41. The normalized spacial score (nSPS) is 13.3. The first kappa shape index (κ1) is 18.3. The van der Waals surface area contributed by atoms with Crippen LogP contribution in [0.25, 0.3) is 0 Å². The molecule has 0 aliphatic heterocycles. The molecule has 0 saturated heterocycles. The van der Waals surface area contributed by atoms with Crippen molar-refractivity contribution in [2.24, 2.45) is 17.2 Å². The van der Waals surface area contributed by atoms with Crippen LogP contribution in [0.4, 0.5) is 0 Å². The molecular formula is C11H21N3O6. The van der Waals surface area contributed by atoms with Crippen LogP contribution >= 0.6 is 0 Å². The standard InChI is InChI=1S/C11H21N3O6/c12-6-2-1-3-7(13)10(17)19-20-11(18)8(14)4-5-9(15)16/h7-8H,1-6,12-14H2,(H,15,16)/t7?,8-/m1/s1. The van der Waals surface area contributed by atoms with Crippen molar-refractivity contribution in [2.45, 2.75) is 44.2 Å². The molecule has 0 bridgehead atoms. The van der Waals surface area contributed by atoms with Gasteiger partial charge in [0, 0.05) is 6.42 Å². The second-order valence-corrected chi connectivity index (χ2v) is 4.23. The number of rotatable bonds is 9. The van der Waals surface area contributed by atoms with E-state index in [0.717, 1.165) is 6.42 Å². The SMILES string of the molecule is NCCCCC(N)C(=O)OOC(=O)[C@H](N)CCC(=O)O. The number of carbonyl (C=O) groups excluding carboxylic acids is 2. The van der Waals surface area contributed by atoms with E-state index in [2.05, 4.69) is 9.78 Å². The molecule has 0 fully saturated rings. The first-order chi connectivity index (χ1) is 9.38. The summed E-state index contributed by atoms with van der Waals surface area (Å²) in [5.41, 5.74) is 16.1. The molecule has 0 aromatic rings. The number of carbonyl (C=O) groups is 3. The summed E-state index contributed by atoms with van der Waals surface area (Å²) in [6.45, 7) is 0.495. The molecule has 7 N–H and O–H groups in total. The maximum absolute atomic E-state index is 11.3. The third-order valence-electron chi connectivity index (χ3n) is 2.45. The topological polar surface area (TPSA) is 168 Å². The van der Waals surface area contributed by atoms with Crippen molar-refractivity contribution in [3.8, 4) is 0 Å². The van der Waals surface area contributed by atoms with Gasteiger partial charge in [0.15, 0.2) is 0 Å². The smallest absolute Gasteiger partial charge is 0.372 e. The van der Waals surface area contributed by atoms with E-state index >= 15 is 0 Å². The lowest BCUT2D eigenvalue weighted by molar-refractivity contribution is -0.261. The molecule has 0 aromatic carbocycles. The highest BCUT2D eigenvalue weighted by Gasteiger charge is 2.22. The molecule has 20 heavy (non-hydrogen) atoms. The zero-order valence-corrected chi connectivity index (χ0v) is 11.1. The summed E-state index contributed by atoms with van der Waals surface area (Å²) < 4.78 is 0. The van der Waals surface area contributed by atoms with E-state index in [9.17, 15) is 14.4 Å². The Morgan fingerprint density at radius 1 is 0.950 bits per heavy atom. The Labute approximate surface area is 116 Å². The number of hydrogen-bond acceptors (Lipinski definition) is 8. The fraction of sp³-hybridized carbons (Fsp3) is 0.727. The number of unbranched alkanes of at least 4 members (excludes halogenated alkanes) is 1. The maximum atomic E-state index is 11.3. The molecule has 0 rings (SSSR count). The van der Waals surface area contributed by atoms with Gasteiger partial charge < -0.3 is 22.3 Å². The minimum atomic E-state index is -1.17. The van der Waals surface area contributed by atoms with Crippen molar-refractivity contribution in [3.05, 3.63) is 0 Å². The van der Waals surface area contributed by atoms with Crippen LogP contribution in [-0.2, 0) is 24.2 Å². The van der Waals surface area contributed by atoms with Gasteiger partial charge in [-0.05, 0) is 25.8 Å². The summed E-state index contributed by atoms with van der Waals surface area (Å²) >= 11 is 0. The van der Waals surface area contributed by atoms with Gasteiger partial charge in [0.25, 0.3) is 0 Å². The lowest BCUT2D eigenvalue weighted by Gasteiger charge is -2.11. The monoisotopic (exact) mass is 291 g/mol. The molecule has 2 atom stereocenters. The third kappa shape index (κ3) is 8.40. The Bertz CT molecular complexity index is 336. The summed E-state index contributed by atoms with van der Waals surface area (Å²) in [6, 6.07) is -2.09. The second-order valence-electron chi connectivity index (χ2n) is 4.23. The molecule has 0 amide bonds. The lowest BCUT2D eigenvalue weighted by atomic mass is 10.1. The molecule has 9 nitrogen and oxygen atoms in total. The molecule has 0 heterocycles. The minimum Gasteiger partial charge on any atom is -0.481 e. The predicted octanol–water partition coefficient (Wildman–Crippen LogP) is -1.36. The predicted molar refractivity (Wildman–Crippen MR) is 67.9 cm³/mol. The van der Waals surface area contributed by atoms with Crippen LogP contribution in [0.2, 0.25) is 0 Å². The third-order valence-corrected chi connectivity index (χ3v) is 2.45. The summed E-state index contributed by atoms with van der Waals surface area (Å²) in [7, 11) is 0. The maximum Gasteiger partial charge on any atom is 0.372 e. The fourth-order valence-corrected chi connectivity index (χ4v) is 1.23. The van der Waals surface area contributed by atoms with Gasteiger partial charge >= 0.3 is 17.9 Å². The van der Waals surface area contributed by atoms with Gasteiger partial charge in [0.2, 0.25) is 0 Å². The van der Waals surface area contributed by atoms with Crippen molar-refractivity contribution < 1.29 is 29.3 Å². The van der Waals surface area contributed by atoms with Gasteiger partial charge in [-0.25, -0.2) is 19.4 Å². The van der Waals surface area contributed by atoms with E-state index < -0.39 is 30.0 Å². The fourth-order valence-electron chi connectivity index (χ4n) is 1.23. The average molecular weight is 291 g/mol. The van der Waals surface area contributed by atoms with E-state index in [4.69, 9.17) is 22.3 Å². The molecule has 116 valence electrons. The first-order valence-electron chi connectivity index (χ1n) is 6.23. The van der Waals surface area contributed by atoms with Crippen molar-refractivity contribution >= 4 is 17.9 Å². The second kappa shape index (κ2) is 10.1. The van der Waals surface area contributed by atoms with Gasteiger partial charge in [-0.2, -0.15) is 0 Å². The number of carboxylic acids is 1. The highest BCUT2D eigenvalue weighted by Crippen LogP contribution is 2.02. The molecular weight excluding hydrogens is 270 g/mol. The zero-order chi connectivity index (χ0) is 15.5. The van der Waals surface area contributed by atoms with Crippen molar-refractivity contribution in [2.75, 3.05) is 6.54 Å². The molecule has 0 aromatic heterocycles. The number of aliphatic carboxylic acids is 1. The number of hydrogen-bond donors (Lipinski definition) is 4. The Morgan fingerprint density at radius 3 is 1.90 bits per heavy atom. The molecule has 9 heteroatoms. The highest BCUT2D eigenvalue weighted by atomic mass is 17.2. The zero-order valence-electron chi connectivity index (χ0n) is 11.1. The molecule has 0 aliphatic rings. The molecule has 0 aliphatic carbocycles. The largest absolute Gasteiger partial charge is 0.481 e. The highest BCUT2D eigenvalue weighted by molar-refractivity contribution is 5.79. The van der Waals surface area contributed by atoms with Crippen LogP contribution in [0, 0.1) is 0 Å². The Hall–Kier alpha value is -1.71. The van der Waals surface area contributed by atoms with Crippen LogP contribution < -0.4 is 17.2 Å². The van der Waals surface area contributed by atoms with Crippen LogP contribution in [0.15, 0.2) is 0 Å². The number of carboxylic acid groups (broad SMARTS) is 1. The van der Waals surface area contributed by atoms with Crippen LogP contribution in [0.1, 0.15) is 32.1 Å². The molecule has 0 radical (unpaired) electrons. The summed E-state index contributed by atoms with van der Waals surface area (Å²) in [6.07, 6.45) is 1.33. The van der Waals surface area contributed by atoms with E-state index in [0.29, 0.717) is 19.4 Å². The summed E-state index contributed by atoms with van der Waals surface area (Å²) in [4.78, 5) is 41.4. The van der Waals surface area contributed by atoms with Gasteiger partial charge in [-0.3, -0.25) is 4.79 Å². The summed E-state index contributed by atoms with van der Waals surface area (Å²) in [5, 5.41) is 8.42. The lowest BCUT2D eigenvalue weighted by Crippen LogP contribution is -2.37. The van der Waals surface area contributed by atoms with Gasteiger partial charge in [-0.1, -0.05) is 6.42 Å². The van der Waals surface area contributed by atoms with E-state index in [1.807, 2.05) is 0 Å². The Morgan fingerprint density at radius 2 is 1.45 bits per heavy atom. The van der Waals surface area contributed by atoms with Gasteiger partial charge in [0.1, 0.15) is 12.1 Å². The quantitative estimate of drug-likeness (QED) is 0.227. The van der Waals surface area contributed by atoms with Gasteiger partial charge in [-0.15, -0.1) is 0 Å². The first-order valence-corrected chi connectivity index (χ1v) is 6.23. The van der Waals surface area contributed by atoms with Crippen LogP contribution in [-0.4, -0.2) is 41.6 Å². The van der Waals surface area contributed by atoms with E-state index in [1.54, 1.807) is 0 Å². The van der Waals surface area contributed by atoms with Crippen molar-refractivity contribution in [1.29, 1.82) is 0 Å². The van der Waals surface area contributed by atoms with Gasteiger partial charge in [0.05, 0.1) is 0 Å². The van der Waals surface area contributed by atoms with Crippen molar-refractivity contribution in [3.63, 3.8) is 0 Å². The van der Waals surface area contributed by atoms with Crippen LogP contribution in [0.3, 0.4) is 0 Å². The minimum absolute atomic E-state index is 0.117. The Balaban J connectivity index is 3.92. The molecule has 0 spiro atoms. The van der Waals surface area contributed by atoms with Crippen molar-refractivity contribution in [1.82, 2.24) is 0 Å². The van der Waals surface area contributed by atoms with E-state index in [-0.39, 0.29) is 12.8 Å². The molecule has 1 unspecified atom stereocenters. The Kier molecular flexibility index (Phi) is 9.26. The van der Waals surface area contributed by atoms with Crippen LogP contribution in [0.5, 0.6) is 0 Å². The van der Waals surface area contributed by atoms with E-state index in [1.165, 1.54) is 0 Å². The number of nitrogens with two attached hydrogens (primary N) is 3. The summed E-state index contributed by atoms with van der Waals surface area (Å²) in [5.74, 6) is -3.00. The molecule has 0 saturated carbocycles.